The van der Waals surface area contributed by atoms with Gasteiger partial charge in [-0.1, -0.05) is 0 Å². The van der Waals surface area contributed by atoms with Crippen LogP contribution in [-0.2, 0) is 10.0 Å². The minimum Gasteiger partial charge on any atom is -0.497 e. The van der Waals surface area contributed by atoms with E-state index in [0.29, 0.717) is 23.9 Å². The normalized spacial score (nSPS) is 14.4. The van der Waals surface area contributed by atoms with Crippen LogP contribution in [0.1, 0.15) is 25.1 Å². The van der Waals surface area contributed by atoms with Crippen molar-refractivity contribution in [3.8, 4) is 11.5 Å². The van der Waals surface area contributed by atoms with Gasteiger partial charge in [-0.25, -0.2) is 23.1 Å². The van der Waals surface area contributed by atoms with Gasteiger partial charge in [0.25, 0.3) is 0 Å². The Morgan fingerprint density at radius 2 is 1.80 bits per heavy atom. The van der Waals surface area contributed by atoms with Gasteiger partial charge in [0, 0.05) is 38.3 Å². The van der Waals surface area contributed by atoms with Crippen LogP contribution < -0.4 is 24.4 Å². The largest absolute Gasteiger partial charge is 0.497 e. The lowest BCUT2D eigenvalue weighted by molar-refractivity contribution is 0.392. The van der Waals surface area contributed by atoms with Gasteiger partial charge >= 0.3 is 0 Å². The van der Waals surface area contributed by atoms with Gasteiger partial charge in [-0.05, 0) is 38.3 Å². The van der Waals surface area contributed by atoms with Gasteiger partial charge in [-0.3, -0.25) is 0 Å². The van der Waals surface area contributed by atoms with Gasteiger partial charge in [-0.2, -0.15) is 0 Å². The molecule has 0 aliphatic carbocycles. The molecule has 0 atom stereocenters. The minimum atomic E-state index is -3.76. The van der Waals surface area contributed by atoms with Crippen molar-refractivity contribution in [2.75, 3.05) is 50.6 Å². The molecule has 1 aliphatic rings. The summed E-state index contributed by atoms with van der Waals surface area (Å²) in [7, 11) is -0.846. The number of methoxy groups -OCH3 is 2. The molecule has 10 heteroatoms. The number of sulfonamides is 1. The topological polar surface area (TPSA) is 106 Å². The molecule has 2 aromatic rings. The summed E-state index contributed by atoms with van der Waals surface area (Å²) in [6, 6.07) is 6.57. The molecular weight excluding hydrogens is 406 g/mol. The summed E-state index contributed by atoms with van der Waals surface area (Å²) >= 11 is 0. The Bertz CT molecular complexity index is 962. The minimum absolute atomic E-state index is 0.0367. The van der Waals surface area contributed by atoms with Crippen molar-refractivity contribution in [2.45, 2.75) is 31.1 Å². The first-order valence-corrected chi connectivity index (χ1v) is 11.5. The fourth-order valence-corrected chi connectivity index (χ4v) is 4.59. The average Bonchev–Trinajstić information content (AvgIpc) is 2.76. The average molecular weight is 436 g/mol. The molecule has 2 N–H and O–H groups in total. The number of anilines is 2. The highest BCUT2D eigenvalue weighted by molar-refractivity contribution is 7.89. The lowest BCUT2D eigenvalue weighted by Crippen LogP contribution is -2.31. The van der Waals surface area contributed by atoms with Gasteiger partial charge < -0.3 is 19.7 Å². The lowest BCUT2D eigenvalue weighted by Gasteiger charge is -2.28. The molecule has 0 bridgehead atoms. The SMILES string of the molecule is COc1ccc(OC)c(S(=O)(=O)NCCNc2cc(N3CCCCC3)nc(C)n2)c1. The highest BCUT2D eigenvalue weighted by Gasteiger charge is 2.20. The summed E-state index contributed by atoms with van der Waals surface area (Å²) in [5, 5.41) is 3.18. The third-order valence-corrected chi connectivity index (χ3v) is 6.37. The summed E-state index contributed by atoms with van der Waals surface area (Å²) in [4.78, 5) is 11.2. The first-order valence-electron chi connectivity index (χ1n) is 9.99. The predicted molar refractivity (Wildman–Crippen MR) is 116 cm³/mol. The van der Waals surface area contributed by atoms with Gasteiger partial charge in [0.2, 0.25) is 10.0 Å². The Kier molecular flexibility index (Phi) is 7.33. The summed E-state index contributed by atoms with van der Waals surface area (Å²) < 4.78 is 38.3. The van der Waals surface area contributed by atoms with E-state index in [1.165, 1.54) is 39.5 Å². The summed E-state index contributed by atoms with van der Waals surface area (Å²) in [5.74, 6) is 2.97. The van der Waals surface area contributed by atoms with Crippen molar-refractivity contribution in [3.05, 3.63) is 30.1 Å². The molecule has 9 nitrogen and oxygen atoms in total. The molecule has 1 fully saturated rings. The molecule has 0 amide bonds. The van der Waals surface area contributed by atoms with Gasteiger partial charge in [-0.15, -0.1) is 0 Å². The third-order valence-electron chi connectivity index (χ3n) is 4.89. The first kappa shape index (κ1) is 22.1. The van der Waals surface area contributed by atoms with Crippen molar-refractivity contribution >= 4 is 21.7 Å². The Morgan fingerprint density at radius 1 is 1.03 bits per heavy atom. The molecule has 30 heavy (non-hydrogen) atoms. The molecule has 164 valence electrons. The van der Waals surface area contributed by atoms with E-state index in [1.54, 1.807) is 12.1 Å². The van der Waals surface area contributed by atoms with Crippen LogP contribution in [0.5, 0.6) is 11.5 Å². The maximum atomic E-state index is 12.7. The lowest BCUT2D eigenvalue weighted by atomic mass is 10.1. The van der Waals surface area contributed by atoms with E-state index in [4.69, 9.17) is 9.47 Å². The van der Waals surface area contributed by atoms with E-state index in [1.807, 2.05) is 13.0 Å². The third kappa shape index (κ3) is 5.51. The summed E-state index contributed by atoms with van der Waals surface area (Å²) in [6.45, 7) is 4.42. The van der Waals surface area contributed by atoms with Gasteiger partial charge in [0.1, 0.15) is 33.9 Å². The second-order valence-electron chi connectivity index (χ2n) is 7.05. The Labute approximate surface area is 177 Å². The van der Waals surface area contributed by atoms with Crippen molar-refractivity contribution < 1.29 is 17.9 Å². The Hall–Kier alpha value is -2.59. The monoisotopic (exact) mass is 435 g/mol. The second kappa shape index (κ2) is 9.94. The van der Waals surface area contributed by atoms with Crippen LogP contribution in [0.3, 0.4) is 0 Å². The van der Waals surface area contributed by atoms with E-state index in [0.717, 1.165) is 18.9 Å². The Balaban J connectivity index is 1.61. The smallest absolute Gasteiger partial charge is 0.244 e. The van der Waals surface area contributed by atoms with Crippen molar-refractivity contribution in [2.24, 2.45) is 0 Å². The maximum absolute atomic E-state index is 12.7. The number of nitrogens with one attached hydrogen (secondary N) is 2. The molecule has 3 rings (SSSR count). The van der Waals surface area contributed by atoms with Gasteiger partial charge in [0.15, 0.2) is 0 Å². The van der Waals surface area contributed by atoms with Crippen LogP contribution in [0.15, 0.2) is 29.2 Å². The van der Waals surface area contributed by atoms with Crippen LogP contribution in [0.2, 0.25) is 0 Å². The number of hydrogen-bond donors (Lipinski definition) is 2. The standard InChI is InChI=1S/C20H29N5O4S/c1-15-23-19(14-20(24-15)25-11-5-4-6-12-25)21-9-10-22-30(26,27)18-13-16(28-2)7-8-17(18)29-3/h7-8,13-14,22H,4-6,9-12H2,1-3H3,(H,21,23,24). The highest BCUT2D eigenvalue weighted by Crippen LogP contribution is 2.28. The molecule has 0 saturated carbocycles. The van der Waals surface area contributed by atoms with Crippen LogP contribution in [0.4, 0.5) is 11.6 Å². The second-order valence-corrected chi connectivity index (χ2v) is 8.78. The zero-order chi connectivity index (χ0) is 21.6. The van der Waals surface area contributed by atoms with Crippen molar-refractivity contribution in [1.29, 1.82) is 0 Å². The maximum Gasteiger partial charge on any atom is 0.244 e. The number of aryl methyl sites for hydroxylation is 1. The van der Waals surface area contributed by atoms with Crippen LogP contribution in [-0.4, -0.2) is 58.8 Å². The Morgan fingerprint density at radius 3 is 2.50 bits per heavy atom. The predicted octanol–water partition coefficient (Wildman–Crippen LogP) is 2.18. The van der Waals surface area contributed by atoms with Crippen molar-refractivity contribution in [1.82, 2.24) is 14.7 Å². The molecule has 1 aromatic heterocycles. The molecule has 0 unspecified atom stereocenters. The highest BCUT2D eigenvalue weighted by atomic mass is 32.2. The van der Waals surface area contributed by atoms with E-state index in [-0.39, 0.29) is 17.2 Å². The fraction of sp³-hybridized carbons (Fsp3) is 0.500. The number of hydrogen-bond acceptors (Lipinski definition) is 8. The summed E-state index contributed by atoms with van der Waals surface area (Å²) in [6.07, 6.45) is 3.59. The molecule has 0 radical (unpaired) electrons. The number of ether oxygens (including phenoxy) is 2. The van der Waals surface area contributed by atoms with E-state index >= 15 is 0 Å². The number of piperidine rings is 1. The fourth-order valence-electron chi connectivity index (χ4n) is 3.38. The number of rotatable bonds is 9. The molecule has 1 aromatic carbocycles. The number of nitrogens with zero attached hydrogens (tertiary/aromatic N) is 3. The zero-order valence-corrected chi connectivity index (χ0v) is 18.5. The van der Waals surface area contributed by atoms with Crippen LogP contribution in [0.25, 0.3) is 0 Å². The van der Waals surface area contributed by atoms with Crippen LogP contribution in [0, 0.1) is 6.92 Å². The molecular formula is C20H29N5O4S. The number of aromatic nitrogens is 2. The quantitative estimate of drug-likeness (QED) is 0.578. The number of benzene rings is 1. The van der Waals surface area contributed by atoms with Gasteiger partial charge in [0.05, 0.1) is 14.2 Å². The molecule has 2 heterocycles. The van der Waals surface area contributed by atoms with E-state index in [2.05, 4.69) is 24.9 Å². The first-order chi connectivity index (χ1) is 14.4. The molecule has 1 saturated heterocycles. The van der Waals surface area contributed by atoms with Crippen molar-refractivity contribution in [3.63, 3.8) is 0 Å². The zero-order valence-electron chi connectivity index (χ0n) is 17.6. The van der Waals surface area contributed by atoms with Crippen LogP contribution >= 0.6 is 0 Å². The summed E-state index contributed by atoms with van der Waals surface area (Å²) in [5.41, 5.74) is 0. The van der Waals surface area contributed by atoms with E-state index < -0.39 is 10.0 Å². The molecule has 0 spiro atoms. The molecule has 1 aliphatic heterocycles. The van der Waals surface area contributed by atoms with E-state index in [9.17, 15) is 8.42 Å².